The number of fused-ring (bicyclic) bond motifs is 1. The van der Waals surface area contributed by atoms with Gasteiger partial charge in [0.15, 0.2) is 0 Å². The van der Waals surface area contributed by atoms with E-state index in [4.69, 9.17) is 10.6 Å². The van der Waals surface area contributed by atoms with Crippen molar-refractivity contribution in [2.75, 3.05) is 0 Å². The molecular weight excluding hydrogens is 254 g/mol. The van der Waals surface area contributed by atoms with Crippen molar-refractivity contribution in [3.05, 3.63) is 60.6 Å². The first-order chi connectivity index (χ1) is 9.74. The van der Waals surface area contributed by atoms with Gasteiger partial charge in [0.05, 0.1) is 0 Å². The number of rotatable bonds is 4. The lowest BCUT2D eigenvalue weighted by Crippen LogP contribution is -2.38. The smallest absolute Gasteiger partial charge is 0.349 e. The van der Waals surface area contributed by atoms with E-state index in [1.54, 1.807) is 24.5 Å². The fraction of sp³-hybridized carbons (Fsp3) is 0.133. The first-order valence-electron chi connectivity index (χ1n) is 6.40. The average Bonchev–Trinajstić information content (AvgIpc) is 3.09. The highest BCUT2D eigenvalue weighted by atomic mass is 16.7. The summed E-state index contributed by atoms with van der Waals surface area (Å²) in [4.78, 5) is 20.2. The predicted octanol–water partition coefficient (Wildman–Crippen LogP) is 1.49. The van der Waals surface area contributed by atoms with Gasteiger partial charge >= 0.3 is 5.97 Å². The minimum Gasteiger partial charge on any atom is -0.361 e. The van der Waals surface area contributed by atoms with Gasteiger partial charge in [-0.1, -0.05) is 18.2 Å². The Morgan fingerprint density at radius 3 is 2.80 bits per heavy atom. The van der Waals surface area contributed by atoms with Gasteiger partial charge in [-0.15, -0.1) is 0 Å². The quantitative estimate of drug-likeness (QED) is 0.753. The van der Waals surface area contributed by atoms with E-state index in [1.165, 1.54) is 4.73 Å². The van der Waals surface area contributed by atoms with E-state index in [-0.39, 0.29) is 0 Å². The van der Waals surface area contributed by atoms with Gasteiger partial charge in [0.2, 0.25) is 0 Å². The van der Waals surface area contributed by atoms with Crippen LogP contribution in [0.4, 0.5) is 0 Å². The molecule has 0 saturated heterocycles. The van der Waals surface area contributed by atoms with Crippen LogP contribution in [0.25, 0.3) is 10.9 Å². The number of hydrogen-bond donors (Lipinski definition) is 2. The molecular formula is C15H15N3O2. The van der Waals surface area contributed by atoms with Crippen molar-refractivity contribution in [1.82, 2.24) is 9.71 Å². The molecule has 0 saturated carbocycles. The summed E-state index contributed by atoms with van der Waals surface area (Å²) in [7, 11) is 0. The number of carbonyl (C=O) groups is 1. The van der Waals surface area contributed by atoms with E-state index in [1.807, 2.05) is 30.5 Å². The van der Waals surface area contributed by atoms with Crippen LogP contribution in [0.5, 0.6) is 0 Å². The molecule has 3 aromatic rings. The van der Waals surface area contributed by atoms with Crippen LogP contribution in [-0.2, 0) is 11.2 Å². The second-order valence-corrected chi connectivity index (χ2v) is 4.62. The molecule has 0 aliphatic rings. The van der Waals surface area contributed by atoms with Crippen LogP contribution in [0.15, 0.2) is 55.0 Å². The molecule has 0 bridgehead atoms. The van der Waals surface area contributed by atoms with Gasteiger partial charge in [-0.25, -0.2) is 4.79 Å². The summed E-state index contributed by atoms with van der Waals surface area (Å²) in [6, 6.07) is 10.8. The number of H-pyrrole nitrogens is 1. The van der Waals surface area contributed by atoms with Crippen molar-refractivity contribution in [2.24, 2.45) is 5.73 Å². The van der Waals surface area contributed by atoms with Crippen molar-refractivity contribution in [2.45, 2.75) is 12.5 Å². The maximum atomic E-state index is 11.9. The van der Waals surface area contributed by atoms with Crippen LogP contribution in [0.3, 0.4) is 0 Å². The molecule has 0 aliphatic heterocycles. The molecule has 3 N–H and O–H groups in total. The topological polar surface area (TPSA) is 73.0 Å². The number of nitrogens with one attached hydrogen (secondary N) is 1. The third-order valence-electron chi connectivity index (χ3n) is 3.19. The molecule has 0 fully saturated rings. The van der Waals surface area contributed by atoms with Crippen LogP contribution in [0.1, 0.15) is 5.56 Å². The van der Waals surface area contributed by atoms with E-state index >= 15 is 0 Å². The molecule has 0 unspecified atom stereocenters. The van der Waals surface area contributed by atoms with E-state index in [9.17, 15) is 4.79 Å². The lowest BCUT2D eigenvalue weighted by molar-refractivity contribution is -0.145. The average molecular weight is 269 g/mol. The first-order valence-corrected chi connectivity index (χ1v) is 6.40. The zero-order chi connectivity index (χ0) is 13.9. The molecule has 2 heterocycles. The Morgan fingerprint density at radius 1 is 1.25 bits per heavy atom. The van der Waals surface area contributed by atoms with Crippen molar-refractivity contribution in [3.63, 3.8) is 0 Å². The van der Waals surface area contributed by atoms with E-state index in [0.29, 0.717) is 6.42 Å². The molecule has 2 aromatic heterocycles. The molecule has 0 aliphatic carbocycles. The van der Waals surface area contributed by atoms with Gasteiger partial charge in [0.1, 0.15) is 6.04 Å². The Hall–Kier alpha value is -2.53. The van der Waals surface area contributed by atoms with Gasteiger partial charge in [0, 0.05) is 35.9 Å². The Balaban J connectivity index is 1.72. The number of nitrogens with zero attached hydrogens (tertiary/aromatic N) is 1. The van der Waals surface area contributed by atoms with Gasteiger partial charge in [-0.05, 0) is 23.8 Å². The summed E-state index contributed by atoms with van der Waals surface area (Å²) >= 11 is 0. The van der Waals surface area contributed by atoms with E-state index < -0.39 is 12.0 Å². The number of hydrogen-bond acceptors (Lipinski definition) is 3. The molecule has 102 valence electrons. The first kappa shape index (κ1) is 12.5. The van der Waals surface area contributed by atoms with Gasteiger partial charge in [-0.3, -0.25) is 0 Å². The van der Waals surface area contributed by atoms with E-state index in [0.717, 1.165) is 16.5 Å². The third-order valence-corrected chi connectivity index (χ3v) is 3.19. The fourth-order valence-electron chi connectivity index (χ4n) is 2.17. The van der Waals surface area contributed by atoms with Gasteiger partial charge in [0.25, 0.3) is 0 Å². The summed E-state index contributed by atoms with van der Waals surface area (Å²) < 4.78 is 1.34. The van der Waals surface area contributed by atoms with Gasteiger partial charge in [-0.2, -0.15) is 4.73 Å². The second kappa shape index (κ2) is 5.22. The van der Waals surface area contributed by atoms with Crippen molar-refractivity contribution < 1.29 is 9.63 Å². The molecule has 0 amide bonds. The minimum absolute atomic E-state index is 0.435. The van der Waals surface area contributed by atoms with Gasteiger partial charge < -0.3 is 15.6 Å². The number of benzene rings is 1. The number of para-hydroxylation sites is 1. The molecule has 1 aromatic carbocycles. The molecule has 20 heavy (non-hydrogen) atoms. The number of nitrogens with two attached hydrogens (primary N) is 1. The largest absolute Gasteiger partial charge is 0.361 e. The summed E-state index contributed by atoms with van der Waals surface area (Å²) in [6.07, 6.45) is 5.62. The predicted molar refractivity (Wildman–Crippen MR) is 76.0 cm³/mol. The van der Waals surface area contributed by atoms with Crippen molar-refractivity contribution >= 4 is 16.9 Å². The van der Waals surface area contributed by atoms with Crippen LogP contribution >= 0.6 is 0 Å². The monoisotopic (exact) mass is 269 g/mol. The lowest BCUT2D eigenvalue weighted by atomic mass is 10.1. The highest BCUT2D eigenvalue weighted by Gasteiger charge is 2.18. The van der Waals surface area contributed by atoms with Crippen LogP contribution in [-0.4, -0.2) is 21.7 Å². The van der Waals surface area contributed by atoms with Crippen LogP contribution in [0.2, 0.25) is 0 Å². The second-order valence-electron chi connectivity index (χ2n) is 4.62. The number of carbonyl (C=O) groups excluding carboxylic acids is 1. The van der Waals surface area contributed by atoms with Crippen LogP contribution < -0.4 is 10.6 Å². The summed E-state index contributed by atoms with van der Waals surface area (Å²) in [5.41, 5.74) is 7.96. The molecule has 1 atom stereocenters. The summed E-state index contributed by atoms with van der Waals surface area (Å²) in [5, 5.41) is 1.08. The zero-order valence-electron chi connectivity index (χ0n) is 10.8. The van der Waals surface area contributed by atoms with Crippen LogP contribution in [0, 0.1) is 0 Å². The summed E-state index contributed by atoms with van der Waals surface area (Å²) in [5.74, 6) is -0.452. The highest BCUT2D eigenvalue weighted by molar-refractivity contribution is 5.84. The Kier molecular flexibility index (Phi) is 3.26. The Labute approximate surface area is 115 Å². The number of aromatic amines is 1. The molecule has 0 radical (unpaired) electrons. The Bertz CT molecular complexity index is 716. The summed E-state index contributed by atoms with van der Waals surface area (Å²) in [6.45, 7) is 0. The standard InChI is InChI=1S/C15H15N3O2/c16-13(15(19)20-18-7-3-4-8-18)9-11-10-17-14-6-2-1-5-12(11)14/h1-8,10,13,17H,9,16H2/t13-/m0/s1. The van der Waals surface area contributed by atoms with Crippen molar-refractivity contribution in [3.8, 4) is 0 Å². The molecule has 0 spiro atoms. The fourth-order valence-corrected chi connectivity index (χ4v) is 2.17. The highest BCUT2D eigenvalue weighted by Crippen LogP contribution is 2.18. The SMILES string of the molecule is N[C@@H](Cc1c[nH]c2ccccc12)C(=O)On1cccc1. The number of aromatic nitrogens is 2. The lowest BCUT2D eigenvalue weighted by Gasteiger charge is -2.10. The Morgan fingerprint density at radius 2 is 2.00 bits per heavy atom. The maximum absolute atomic E-state index is 11.9. The maximum Gasteiger partial charge on any atom is 0.349 e. The molecule has 3 rings (SSSR count). The normalized spacial score (nSPS) is 12.4. The minimum atomic E-state index is -0.698. The third kappa shape index (κ3) is 2.44. The molecule has 5 heteroatoms. The van der Waals surface area contributed by atoms with E-state index in [2.05, 4.69) is 4.98 Å². The van der Waals surface area contributed by atoms with Crippen molar-refractivity contribution in [1.29, 1.82) is 0 Å². The molecule has 5 nitrogen and oxygen atoms in total. The zero-order valence-corrected chi connectivity index (χ0v) is 10.8.